The molecule has 112 valence electrons. The van der Waals surface area contributed by atoms with Gasteiger partial charge in [-0.05, 0) is 26.8 Å². The van der Waals surface area contributed by atoms with E-state index in [-0.39, 0.29) is 18.2 Å². The second kappa shape index (κ2) is 5.40. The van der Waals surface area contributed by atoms with E-state index in [2.05, 4.69) is 20.3 Å². The number of hydrogen-bond acceptors (Lipinski definition) is 6. The number of aromatic nitrogens is 3. The number of anilines is 1. The van der Waals surface area contributed by atoms with Gasteiger partial charge in [-0.3, -0.25) is 0 Å². The number of nitrogens with zero attached hydrogens (tertiary/aromatic N) is 3. The predicted octanol–water partition coefficient (Wildman–Crippen LogP) is 2.04. The molecule has 1 fully saturated rings. The minimum absolute atomic E-state index is 0.0436. The third-order valence-corrected chi connectivity index (χ3v) is 3.96. The Labute approximate surface area is 126 Å². The fraction of sp³-hybridized carbons (Fsp3) is 0.500. The summed E-state index contributed by atoms with van der Waals surface area (Å²) in [7, 11) is 0. The van der Waals surface area contributed by atoms with E-state index >= 15 is 0 Å². The van der Waals surface area contributed by atoms with Crippen molar-refractivity contribution in [1.82, 2.24) is 15.0 Å². The Balaban J connectivity index is 2.13. The van der Waals surface area contributed by atoms with Crippen LogP contribution in [-0.4, -0.2) is 37.9 Å². The van der Waals surface area contributed by atoms with Gasteiger partial charge in [0.1, 0.15) is 17.9 Å². The maximum absolute atomic E-state index is 11.6. The Hall–Kier alpha value is -1.44. The number of pyridine rings is 1. The largest absolute Gasteiger partial charge is 0.609 e. The summed E-state index contributed by atoms with van der Waals surface area (Å²) < 4.78 is 17.1. The van der Waals surface area contributed by atoms with Gasteiger partial charge in [-0.15, -0.1) is 0 Å². The van der Waals surface area contributed by atoms with Crippen LogP contribution in [0.5, 0.6) is 0 Å². The normalized spacial score (nSPS) is 22.6. The summed E-state index contributed by atoms with van der Waals surface area (Å²) in [4.78, 5) is 13.2. The summed E-state index contributed by atoms with van der Waals surface area (Å²) in [5.41, 5.74) is 1.58. The van der Waals surface area contributed by atoms with E-state index < -0.39 is 11.2 Å². The Kier molecular flexibility index (Phi) is 3.73. The molecule has 21 heavy (non-hydrogen) atoms. The summed E-state index contributed by atoms with van der Waals surface area (Å²) in [6, 6.07) is 2.16. The van der Waals surface area contributed by atoms with Crippen LogP contribution in [0.3, 0.4) is 0 Å². The van der Waals surface area contributed by atoms with Crippen LogP contribution in [0.15, 0.2) is 17.4 Å². The molecule has 0 amide bonds. The first-order chi connectivity index (χ1) is 9.95. The van der Waals surface area contributed by atoms with Gasteiger partial charge in [-0.25, -0.2) is 4.98 Å². The first kappa shape index (κ1) is 14.5. The van der Waals surface area contributed by atoms with E-state index in [0.717, 1.165) is 11.1 Å². The third-order valence-electron chi connectivity index (χ3n) is 3.25. The minimum atomic E-state index is -1.22. The number of rotatable bonds is 4. The van der Waals surface area contributed by atoms with Crippen LogP contribution in [0.4, 0.5) is 5.82 Å². The van der Waals surface area contributed by atoms with E-state index in [9.17, 15) is 4.55 Å². The number of fused-ring (bicyclic) bond motifs is 1. The molecule has 1 aliphatic heterocycles. The van der Waals surface area contributed by atoms with Gasteiger partial charge in [0, 0.05) is 28.8 Å². The first-order valence-electron chi connectivity index (χ1n) is 6.89. The lowest BCUT2D eigenvalue weighted by Gasteiger charge is -2.13. The van der Waals surface area contributed by atoms with Gasteiger partial charge in [0.2, 0.25) is 0 Å². The van der Waals surface area contributed by atoms with Crippen molar-refractivity contribution >= 4 is 27.9 Å². The van der Waals surface area contributed by atoms with Crippen molar-refractivity contribution < 1.29 is 9.29 Å². The van der Waals surface area contributed by atoms with Crippen LogP contribution < -0.4 is 5.32 Å². The smallest absolute Gasteiger partial charge is 0.343 e. The second-order valence-electron chi connectivity index (χ2n) is 5.50. The van der Waals surface area contributed by atoms with Gasteiger partial charge in [0.15, 0.2) is 5.82 Å². The molecule has 0 spiro atoms. The fourth-order valence-electron chi connectivity index (χ4n) is 2.20. The fourth-order valence-corrected chi connectivity index (χ4v) is 2.62. The highest BCUT2D eigenvalue weighted by atomic mass is 32.2. The van der Waals surface area contributed by atoms with Gasteiger partial charge < -0.3 is 14.6 Å². The molecule has 0 aromatic carbocycles. The highest BCUT2D eigenvalue weighted by Gasteiger charge is 2.37. The molecule has 2 aromatic rings. The molecule has 7 heteroatoms. The molecule has 3 rings (SSSR count). The van der Waals surface area contributed by atoms with Gasteiger partial charge in [-0.2, -0.15) is 9.97 Å². The molecular weight excluding hydrogens is 288 g/mol. The molecule has 1 aliphatic rings. The predicted molar refractivity (Wildman–Crippen MR) is 81.7 cm³/mol. The molecule has 1 saturated heterocycles. The van der Waals surface area contributed by atoms with Crippen LogP contribution >= 0.6 is 0 Å². The van der Waals surface area contributed by atoms with Crippen molar-refractivity contribution in [3.63, 3.8) is 0 Å². The van der Waals surface area contributed by atoms with E-state index in [1.165, 1.54) is 0 Å². The molecule has 0 aliphatic carbocycles. The third kappa shape index (κ3) is 2.95. The molecule has 3 heterocycles. The zero-order valence-electron chi connectivity index (χ0n) is 12.5. The summed E-state index contributed by atoms with van der Waals surface area (Å²) in [6.45, 7) is 6.10. The lowest BCUT2D eigenvalue weighted by molar-refractivity contribution is 0.380. The monoisotopic (exact) mass is 306 g/mol. The topological polar surface area (TPSA) is 86.3 Å². The van der Waals surface area contributed by atoms with E-state index in [1.54, 1.807) is 12.5 Å². The van der Waals surface area contributed by atoms with Crippen molar-refractivity contribution in [2.24, 2.45) is 0 Å². The number of nitrogens with one attached hydrogen (secondary N) is 1. The maximum Gasteiger partial charge on any atom is 0.343 e. The van der Waals surface area contributed by atoms with Gasteiger partial charge in [-0.1, -0.05) is 0 Å². The molecule has 6 nitrogen and oxygen atoms in total. The average molecular weight is 306 g/mol. The molecule has 2 aromatic heterocycles. The Bertz CT molecular complexity index is 677. The molecule has 3 atom stereocenters. The van der Waals surface area contributed by atoms with E-state index in [4.69, 9.17) is 4.74 Å². The molecular formula is C14H18N4O2S. The quantitative estimate of drug-likeness (QED) is 0.528. The van der Waals surface area contributed by atoms with Gasteiger partial charge >= 0.3 is 5.16 Å². The van der Waals surface area contributed by atoms with Crippen molar-refractivity contribution in [3.05, 3.63) is 18.0 Å². The molecule has 0 radical (unpaired) electrons. The first-order valence-corrected chi connectivity index (χ1v) is 8.44. The van der Waals surface area contributed by atoms with Crippen molar-refractivity contribution in [2.45, 2.75) is 44.2 Å². The molecule has 3 unspecified atom stereocenters. The Morgan fingerprint density at radius 1 is 1.38 bits per heavy atom. The second-order valence-corrected chi connectivity index (χ2v) is 6.77. The lowest BCUT2D eigenvalue weighted by Crippen LogP contribution is -2.13. The summed E-state index contributed by atoms with van der Waals surface area (Å²) >= 11 is -1.22. The standard InChI is InChI=1S/C14H18N4O2S/c1-7(2)16-13-11-9(6-15-14(18-11)21(4)19)5-10(17-13)12-8(3)20-12/h5-8,12H,1-4H3,(H,16,17). The molecule has 0 saturated carbocycles. The lowest BCUT2D eigenvalue weighted by atomic mass is 10.2. The highest BCUT2D eigenvalue weighted by Crippen LogP contribution is 2.39. The average Bonchev–Trinajstić information content (AvgIpc) is 3.14. The minimum Gasteiger partial charge on any atom is -0.609 e. The number of hydrogen-bond donors (Lipinski definition) is 1. The zero-order valence-corrected chi connectivity index (χ0v) is 13.3. The van der Waals surface area contributed by atoms with E-state index in [0.29, 0.717) is 16.5 Å². The molecule has 0 bridgehead atoms. The Morgan fingerprint density at radius 2 is 2.10 bits per heavy atom. The van der Waals surface area contributed by atoms with Crippen LogP contribution in [-0.2, 0) is 15.9 Å². The van der Waals surface area contributed by atoms with Crippen LogP contribution in [0.25, 0.3) is 10.9 Å². The number of epoxide rings is 1. The Morgan fingerprint density at radius 3 is 2.67 bits per heavy atom. The summed E-state index contributed by atoms with van der Waals surface area (Å²) in [6.07, 6.45) is 3.51. The number of ether oxygens (including phenoxy) is 1. The van der Waals surface area contributed by atoms with E-state index in [1.807, 2.05) is 26.8 Å². The van der Waals surface area contributed by atoms with Crippen molar-refractivity contribution in [1.29, 1.82) is 0 Å². The van der Waals surface area contributed by atoms with Crippen LogP contribution in [0.1, 0.15) is 32.6 Å². The highest BCUT2D eigenvalue weighted by molar-refractivity contribution is 7.90. The molecule has 1 N–H and O–H groups in total. The SMILES string of the molecule is CC(C)Nc1nc(C2OC2C)cc2cnc([S+](C)[O-])nc12. The van der Waals surface area contributed by atoms with Crippen molar-refractivity contribution in [3.8, 4) is 0 Å². The van der Waals surface area contributed by atoms with Crippen LogP contribution in [0.2, 0.25) is 0 Å². The maximum atomic E-state index is 11.6. The summed E-state index contributed by atoms with van der Waals surface area (Å²) in [5.74, 6) is 0.689. The van der Waals surface area contributed by atoms with Gasteiger partial charge in [0.05, 0.1) is 11.8 Å². The van der Waals surface area contributed by atoms with Gasteiger partial charge in [0.25, 0.3) is 0 Å². The van der Waals surface area contributed by atoms with Crippen LogP contribution in [0, 0.1) is 0 Å². The zero-order chi connectivity index (χ0) is 15.1. The van der Waals surface area contributed by atoms with Crippen molar-refractivity contribution in [2.75, 3.05) is 11.6 Å². The summed E-state index contributed by atoms with van der Waals surface area (Å²) in [5, 5.41) is 4.49.